The lowest BCUT2D eigenvalue weighted by atomic mass is 10.2. The summed E-state index contributed by atoms with van der Waals surface area (Å²) in [7, 11) is 0. The molecule has 1 heterocycles. The van der Waals surface area contributed by atoms with Crippen LogP contribution < -0.4 is 5.32 Å². The van der Waals surface area contributed by atoms with Crippen LogP contribution in [0, 0.1) is 5.82 Å². The number of benzene rings is 2. The van der Waals surface area contributed by atoms with Gasteiger partial charge in [0, 0.05) is 15.5 Å². The van der Waals surface area contributed by atoms with Crippen LogP contribution in [0.5, 0.6) is 0 Å². The van der Waals surface area contributed by atoms with Gasteiger partial charge in [-0.25, -0.2) is 9.18 Å². The van der Waals surface area contributed by atoms with E-state index in [1.54, 1.807) is 19.1 Å². The molecular weight excluding hydrogens is 363 g/mol. The fourth-order valence-corrected chi connectivity index (χ4v) is 3.61. The second kappa shape index (κ2) is 6.04. The Bertz CT molecular complexity index is 891. The summed E-state index contributed by atoms with van der Waals surface area (Å²) >= 11 is 3.56. The van der Waals surface area contributed by atoms with Crippen molar-refractivity contribution >= 4 is 32.9 Å². The summed E-state index contributed by atoms with van der Waals surface area (Å²) in [5, 5.41) is 12.4. The van der Waals surface area contributed by atoms with Gasteiger partial charge >= 0.3 is 6.09 Å². The van der Waals surface area contributed by atoms with Crippen LogP contribution in [0.1, 0.15) is 18.7 Å². The zero-order valence-electron chi connectivity index (χ0n) is 12.3. The van der Waals surface area contributed by atoms with Gasteiger partial charge in [0.2, 0.25) is 0 Å². The van der Waals surface area contributed by atoms with Gasteiger partial charge in [-0.1, -0.05) is 24.3 Å². The van der Waals surface area contributed by atoms with Crippen LogP contribution in [-0.2, 0) is 0 Å². The minimum absolute atomic E-state index is 0.346. The molecule has 0 aliphatic carbocycles. The lowest BCUT2D eigenvalue weighted by Crippen LogP contribution is -2.26. The number of carbonyl (C=O) groups is 1. The fraction of sp³-hybridized carbons (Fsp3) is 0.118. The summed E-state index contributed by atoms with van der Waals surface area (Å²) in [6.07, 6.45) is -1.11. The van der Waals surface area contributed by atoms with Crippen molar-refractivity contribution in [1.82, 2.24) is 9.88 Å². The highest BCUT2D eigenvalue weighted by molar-refractivity contribution is 9.10. The molecule has 0 saturated heterocycles. The number of aromatic nitrogens is 1. The summed E-state index contributed by atoms with van der Waals surface area (Å²) in [6, 6.07) is 13.4. The minimum Gasteiger partial charge on any atom is -0.465 e. The van der Waals surface area contributed by atoms with Gasteiger partial charge in [-0.3, -0.25) is 0 Å². The lowest BCUT2D eigenvalue weighted by molar-refractivity contribution is 0.190. The van der Waals surface area contributed by atoms with E-state index < -0.39 is 12.1 Å². The molecule has 0 saturated carbocycles. The zero-order valence-corrected chi connectivity index (χ0v) is 13.8. The molecule has 3 aromatic rings. The number of hydrogen-bond acceptors (Lipinski definition) is 1. The molecule has 1 atom stereocenters. The van der Waals surface area contributed by atoms with Crippen molar-refractivity contribution in [1.29, 1.82) is 0 Å². The first kappa shape index (κ1) is 15.6. The van der Waals surface area contributed by atoms with Gasteiger partial charge in [0.15, 0.2) is 0 Å². The highest BCUT2D eigenvalue weighted by Crippen LogP contribution is 2.37. The monoisotopic (exact) mass is 376 g/mol. The van der Waals surface area contributed by atoms with Crippen molar-refractivity contribution in [3.63, 3.8) is 0 Å². The van der Waals surface area contributed by atoms with E-state index in [0.29, 0.717) is 5.69 Å². The smallest absolute Gasteiger partial charge is 0.405 e. The molecule has 0 aliphatic heterocycles. The van der Waals surface area contributed by atoms with E-state index in [1.165, 1.54) is 12.1 Å². The fourth-order valence-electron chi connectivity index (χ4n) is 2.75. The van der Waals surface area contributed by atoms with Crippen LogP contribution >= 0.6 is 15.9 Å². The quantitative estimate of drug-likeness (QED) is 0.685. The topological polar surface area (TPSA) is 54.3 Å². The third-order valence-electron chi connectivity index (χ3n) is 3.66. The Morgan fingerprint density at radius 1 is 1.26 bits per heavy atom. The van der Waals surface area contributed by atoms with Gasteiger partial charge < -0.3 is 15.0 Å². The third-order valence-corrected chi connectivity index (χ3v) is 4.50. The van der Waals surface area contributed by atoms with E-state index in [-0.39, 0.29) is 5.82 Å². The minimum atomic E-state index is -1.11. The first-order valence-corrected chi connectivity index (χ1v) is 7.82. The van der Waals surface area contributed by atoms with Crippen LogP contribution in [-0.4, -0.2) is 15.8 Å². The summed E-state index contributed by atoms with van der Waals surface area (Å²) in [5.41, 5.74) is 2.24. The molecule has 2 aromatic carbocycles. The molecule has 0 radical (unpaired) electrons. The molecular formula is C17H14BrFN2O2. The molecule has 0 bridgehead atoms. The molecule has 0 fully saturated rings. The zero-order chi connectivity index (χ0) is 16.6. The Balaban J connectivity index is 2.31. The molecule has 1 amide bonds. The van der Waals surface area contributed by atoms with Crippen molar-refractivity contribution in [3.8, 4) is 5.69 Å². The number of halogens is 2. The molecule has 0 spiro atoms. The van der Waals surface area contributed by atoms with Gasteiger partial charge in [0.05, 0.1) is 17.3 Å². The van der Waals surface area contributed by atoms with Gasteiger partial charge in [0.1, 0.15) is 5.82 Å². The van der Waals surface area contributed by atoms with Crippen molar-refractivity contribution in [3.05, 3.63) is 64.5 Å². The molecule has 1 aromatic heterocycles. The lowest BCUT2D eigenvalue weighted by Gasteiger charge is -2.17. The number of nitrogens with zero attached hydrogens (tertiary/aromatic N) is 1. The molecule has 1 unspecified atom stereocenters. The van der Waals surface area contributed by atoms with Crippen molar-refractivity contribution in [2.75, 3.05) is 0 Å². The number of rotatable bonds is 3. The molecule has 6 heteroatoms. The van der Waals surface area contributed by atoms with Crippen molar-refractivity contribution in [2.24, 2.45) is 0 Å². The number of hydrogen-bond donors (Lipinski definition) is 2. The second-order valence-electron chi connectivity index (χ2n) is 5.20. The molecule has 0 aliphatic rings. The van der Waals surface area contributed by atoms with E-state index in [4.69, 9.17) is 5.11 Å². The van der Waals surface area contributed by atoms with E-state index in [0.717, 1.165) is 21.1 Å². The summed E-state index contributed by atoms with van der Waals surface area (Å²) < 4.78 is 16.3. The Labute approximate surface area is 140 Å². The molecule has 4 nitrogen and oxygen atoms in total. The van der Waals surface area contributed by atoms with E-state index in [2.05, 4.69) is 21.2 Å². The number of fused-ring (bicyclic) bond motifs is 1. The van der Waals surface area contributed by atoms with Crippen LogP contribution in [0.2, 0.25) is 0 Å². The van der Waals surface area contributed by atoms with Crippen LogP contribution in [0.25, 0.3) is 16.6 Å². The van der Waals surface area contributed by atoms with E-state index >= 15 is 0 Å². The summed E-state index contributed by atoms with van der Waals surface area (Å²) in [4.78, 5) is 11.0. The average Bonchev–Trinajstić information content (AvgIpc) is 2.80. The number of amides is 1. The van der Waals surface area contributed by atoms with E-state index in [1.807, 2.05) is 28.8 Å². The Morgan fingerprint density at radius 2 is 2.00 bits per heavy atom. The first-order chi connectivity index (χ1) is 11.0. The van der Waals surface area contributed by atoms with Gasteiger partial charge in [-0.2, -0.15) is 0 Å². The third kappa shape index (κ3) is 2.82. The van der Waals surface area contributed by atoms with Crippen molar-refractivity contribution < 1.29 is 14.3 Å². The molecule has 2 N–H and O–H groups in total. The van der Waals surface area contributed by atoms with Crippen LogP contribution in [0.4, 0.5) is 9.18 Å². The normalized spacial score (nSPS) is 12.3. The first-order valence-electron chi connectivity index (χ1n) is 7.03. The maximum absolute atomic E-state index is 13.7. The number of para-hydroxylation sites is 1. The van der Waals surface area contributed by atoms with E-state index in [9.17, 15) is 9.18 Å². The van der Waals surface area contributed by atoms with Gasteiger partial charge in [0.25, 0.3) is 0 Å². The predicted octanol–water partition coefficient (Wildman–Crippen LogP) is 4.86. The van der Waals surface area contributed by atoms with Crippen molar-refractivity contribution in [2.45, 2.75) is 13.0 Å². The summed E-state index contributed by atoms with van der Waals surface area (Å²) in [6.45, 7) is 1.75. The average molecular weight is 377 g/mol. The number of carboxylic acid groups (broad SMARTS) is 1. The Hall–Kier alpha value is -2.34. The predicted molar refractivity (Wildman–Crippen MR) is 90.5 cm³/mol. The number of nitrogens with one attached hydrogen (secondary N) is 1. The summed E-state index contributed by atoms with van der Waals surface area (Å²) in [5.74, 6) is -0.346. The standard InChI is InChI=1S/C17H14BrFN2O2/c1-10(20-17(22)23)16-15(18)13-7-2-3-8-14(13)21(16)12-6-4-5-11(19)9-12/h2-10,20H,1H3,(H,22,23). The molecule has 23 heavy (non-hydrogen) atoms. The highest BCUT2D eigenvalue weighted by Gasteiger charge is 2.22. The largest absolute Gasteiger partial charge is 0.465 e. The van der Waals surface area contributed by atoms with Gasteiger partial charge in [-0.15, -0.1) is 0 Å². The SMILES string of the molecule is CC(NC(=O)O)c1c(Br)c2ccccc2n1-c1cccc(F)c1. The molecule has 3 rings (SSSR count). The highest BCUT2D eigenvalue weighted by atomic mass is 79.9. The second-order valence-corrected chi connectivity index (χ2v) is 6.00. The molecule has 118 valence electrons. The Morgan fingerprint density at radius 3 is 2.70 bits per heavy atom. The van der Waals surface area contributed by atoms with Gasteiger partial charge in [-0.05, 0) is 47.1 Å². The Kier molecular flexibility index (Phi) is 4.09. The maximum atomic E-state index is 13.7. The maximum Gasteiger partial charge on any atom is 0.405 e. The van der Waals surface area contributed by atoms with Crippen LogP contribution in [0.15, 0.2) is 53.0 Å². The van der Waals surface area contributed by atoms with Crippen LogP contribution in [0.3, 0.4) is 0 Å².